The molecule has 0 aromatic rings. The number of allylic oxidation sites excluding steroid dienone is 4. The largest absolute Gasteiger partial charge is 0.391 e. The molecule has 116 valence electrons. The molecule has 0 saturated carbocycles. The van der Waals surface area contributed by atoms with E-state index in [1.807, 2.05) is 20.0 Å². The zero-order valence-electron chi connectivity index (χ0n) is 13.8. The van der Waals surface area contributed by atoms with E-state index in [9.17, 15) is 0 Å². The highest BCUT2D eigenvalue weighted by molar-refractivity contribution is 5.00. The van der Waals surface area contributed by atoms with Crippen LogP contribution in [0.15, 0.2) is 37.1 Å². The van der Waals surface area contributed by atoms with Crippen LogP contribution in [-0.2, 0) is 0 Å². The first-order valence-electron chi connectivity index (χ1n) is 8.21. The van der Waals surface area contributed by atoms with Crippen LogP contribution >= 0.6 is 0 Å². The predicted octanol–water partition coefficient (Wildman–Crippen LogP) is 4.37. The number of nitrogens with zero attached hydrogens (tertiary/aromatic N) is 1. The molecule has 0 aromatic heterocycles. The van der Waals surface area contributed by atoms with E-state index in [2.05, 4.69) is 48.0 Å². The molecule has 0 bridgehead atoms. The van der Waals surface area contributed by atoms with Gasteiger partial charge in [-0.15, -0.1) is 0 Å². The summed E-state index contributed by atoms with van der Waals surface area (Å²) >= 11 is 0. The van der Waals surface area contributed by atoms with E-state index in [1.54, 1.807) is 0 Å². The van der Waals surface area contributed by atoms with Crippen LogP contribution in [0.2, 0.25) is 0 Å². The van der Waals surface area contributed by atoms with Gasteiger partial charge in [0, 0.05) is 6.54 Å². The number of nitrogens with one attached hydrogen (secondary N) is 1. The highest BCUT2D eigenvalue weighted by Crippen LogP contribution is 2.16. The summed E-state index contributed by atoms with van der Waals surface area (Å²) in [4.78, 5) is 2.61. The van der Waals surface area contributed by atoms with Gasteiger partial charge >= 0.3 is 0 Å². The van der Waals surface area contributed by atoms with Crippen molar-refractivity contribution in [2.45, 2.75) is 46.5 Å². The van der Waals surface area contributed by atoms with Crippen molar-refractivity contribution in [1.82, 2.24) is 10.2 Å². The lowest BCUT2D eigenvalue weighted by Gasteiger charge is -2.31. The molecular formula is C18H34N2. The van der Waals surface area contributed by atoms with Gasteiger partial charge in [-0.2, -0.15) is 0 Å². The maximum absolute atomic E-state index is 3.70. The zero-order valence-corrected chi connectivity index (χ0v) is 13.8. The molecule has 0 amide bonds. The van der Waals surface area contributed by atoms with Gasteiger partial charge in [-0.25, -0.2) is 0 Å². The van der Waals surface area contributed by atoms with Crippen LogP contribution in [0.25, 0.3) is 0 Å². The fourth-order valence-electron chi connectivity index (χ4n) is 2.38. The minimum atomic E-state index is 0.842. The topological polar surface area (TPSA) is 15.3 Å². The van der Waals surface area contributed by atoms with Gasteiger partial charge in [-0.1, -0.05) is 44.7 Å². The lowest BCUT2D eigenvalue weighted by atomic mass is 9.96. The molecule has 1 rings (SSSR count). The summed E-state index contributed by atoms with van der Waals surface area (Å²) in [5, 5.41) is 3.23. The molecule has 2 nitrogen and oxygen atoms in total. The number of hydrogen-bond donors (Lipinski definition) is 1. The SMILES string of the molecule is C=CNCC1CCN(CCC/C=C\C=C/C)CC1.CC. The molecular weight excluding hydrogens is 244 g/mol. The first-order chi connectivity index (χ1) is 9.86. The Balaban J connectivity index is 0.00000172. The van der Waals surface area contributed by atoms with Crippen LogP contribution in [0.4, 0.5) is 0 Å². The van der Waals surface area contributed by atoms with Crippen molar-refractivity contribution in [1.29, 1.82) is 0 Å². The van der Waals surface area contributed by atoms with Gasteiger partial charge in [0.25, 0.3) is 0 Å². The smallest absolute Gasteiger partial charge is 0.0170 e. The molecule has 1 N–H and O–H groups in total. The highest BCUT2D eigenvalue weighted by Gasteiger charge is 2.17. The predicted molar refractivity (Wildman–Crippen MR) is 91.9 cm³/mol. The van der Waals surface area contributed by atoms with Crippen molar-refractivity contribution in [2.75, 3.05) is 26.2 Å². The normalized spacial score (nSPS) is 17.1. The molecule has 20 heavy (non-hydrogen) atoms. The zero-order chi connectivity index (χ0) is 15.1. The van der Waals surface area contributed by atoms with E-state index in [1.165, 1.54) is 45.3 Å². The Kier molecular flexibility index (Phi) is 13.7. The molecule has 0 unspecified atom stereocenters. The van der Waals surface area contributed by atoms with Gasteiger partial charge in [0.2, 0.25) is 0 Å². The average molecular weight is 278 g/mol. The maximum Gasteiger partial charge on any atom is 0.0170 e. The molecule has 1 aliphatic rings. The number of likely N-dealkylation sites (tertiary alicyclic amines) is 1. The third-order valence-corrected chi connectivity index (χ3v) is 3.54. The third-order valence-electron chi connectivity index (χ3n) is 3.54. The molecule has 0 radical (unpaired) electrons. The van der Waals surface area contributed by atoms with E-state index in [4.69, 9.17) is 0 Å². The van der Waals surface area contributed by atoms with Crippen molar-refractivity contribution in [3.63, 3.8) is 0 Å². The lowest BCUT2D eigenvalue weighted by Crippen LogP contribution is -2.37. The van der Waals surface area contributed by atoms with Crippen LogP contribution in [0.1, 0.15) is 46.5 Å². The molecule has 1 saturated heterocycles. The van der Waals surface area contributed by atoms with E-state index < -0.39 is 0 Å². The van der Waals surface area contributed by atoms with E-state index in [0.717, 1.165) is 12.5 Å². The fraction of sp³-hybridized carbons (Fsp3) is 0.667. The molecule has 0 aromatic carbocycles. The van der Waals surface area contributed by atoms with Gasteiger partial charge in [0.1, 0.15) is 0 Å². The van der Waals surface area contributed by atoms with Gasteiger partial charge < -0.3 is 10.2 Å². The van der Waals surface area contributed by atoms with Crippen LogP contribution in [0.5, 0.6) is 0 Å². The minimum absolute atomic E-state index is 0.842. The maximum atomic E-state index is 3.70. The second-order valence-corrected chi connectivity index (χ2v) is 4.99. The van der Waals surface area contributed by atoms with Crippen LogP contribution in [0.3, 0.4) is 0 Å². The average Bonchev–Trinajstić information content (AvgIpc) is 2.52. The second kappa shape index (κ2) is 14.4. The van der Waals surface area contributed by atoms with Crippen molar-refractivity contribution < 1.29 is 0 Å². The van der Waals surface area contributed by atoms with E-state index in [-0.39, 0.29) is 0 Å². The Morgan fingerprint density at radius 1 is 1.20 bits per heavy atom. The van der Waals surface area contributed by atoms with Gasteiger partial charge in [-0.3, -0.25) is 0 Å². The van der Waals surface area contributed by atoms with E-state index in [0.29, 0.717) is 0 Å². The lowest BCUT2D eigenvalue weighted by molar-refractivity contribution is 0.183. The van der Waals surface area contributed by atoms with Crippen LogP contribution in [-0.4, -0.2) is 31.1 Å². The van der Waals surface area contributed by atoms with Crippen molar-refractivity contribution >= 4 is 0 Å². The molecule has 2 heteroatoms. The summed E-state index contributed by atoms with van der Waals surface area (Å²) in [7, 11) is 0. The standard InChI is InChI=1S/C16H28N2.C2H6/c1-3-5-6-7-8-9-12-18-13-10-16(11-14-18)15-17-4-2;1-2/h3-7,16-17H,2,8-15H2,1H3;1-2H3/b5-3-,7-6-;. The van der Waals surface area contributed by atoms with Gasteiger partial charge in [-0.05, 0) is 64.4 Å². The quantitative estimate of drug-likeness (QED) is 0.524. The third kappa shape index (κ3) is 9.85. The Morgan fingerprint density at radius 2 is 1.90 bits per heavy atom. The summed E-state index contributed by atoms with van der Waals surface area (Å²) in [6.07, 6.45) is 15.5. The Morgan fingerprint density at radius 3 is 2.50 bits per heavy atom. The fourth-order valence-corrected chi connectivity index (χ4v) is 2.38. The highest BCUT2D eigenvalue weighted by atomic mass is 15.1. The van der Waals surface area contributed by atoms with Crippen molar-refractivity contribution in [3.05, 3.63) is 37.1 Å². The first-order valence-corrected chi connectivity index (χ1v) is 8.21. The monoisotopic (exact) mass is 278 g/mol. The molecule has 1 fully saturated rings. The summed E-state index contributed by atoms with van der Waals surface area (Å²) in [5.41, 5.74) is 0. The van der Waals surface area contributed by atoms with Gasteiger partial charge in [0.05, 0.1) is 0 Å². The Bertz CT molecular complexity index is 261. The van der Waals surface area contributed by atoms with Crippen molar-refractivity contribution in [2.24, 2.45) is 5.92 Å². The Labute approximate surface area is 126 Å². The minimum Gasteiger partial charge on any atom is -0.391 e. The van der Waals surface area contributed by atoms with Crippen LogP contribution < -0.4 is 5.32 Å². The van der Waals surface area contributed by atoms with Crippen molar-refractivity contribution in [3.8, 4) is 0 Å². The second-order valence-electron chi connectivity index (χ2n) is 4.99. The van der Waals surface area contributed by atoms with E-state index >= 15 is 0 Å². The van der Waals surface area contributed by atoms with Gasteiger partial charge in [0.15, 0.2) is 0 Å². The summed E-state index contributed by atoms with van der Waals surface area (Å²) < 4.78 is 0. The first kappa shape index (κ1) is 19.0. The Hall–Kier alpha value is -1.02. The summed E-state index contributed by atoms with van der Waals surface area (Å²) in [6.45, 7) is 14.6. The van der Waals surface area contributed by atoms with Crippen LogP contribution in [0, 0.1) is 5.92 Å². The molecule has 0 spiro atoms. The molecule has 1 heterocycles. The number of hydrogen-bond acceptors (Lipinski definition) is 2. The molecule has 0 atom stereocenters. The summed E-state index contributed by atoms with van der Waals surface area (Å²) in [6, 6.07) is 0. The number of unbranched alkanes of at least 4 members (excludes halogenated alkanes) is 1. The number of rotatable bonds is 8. The molecule has 1 aliphatic heterocycles. The summed E-state index contributed by atoms with van der Waals surface area (Å²) in [5.74, 6) is 0.842. The molecule has 0 aliphatic carbocycles. The number of piperidine rings is 1.